The highest BCUT2D eigenvalue weighted by atomic mass is 32.2. The van der Waals surface area contributed by atoms with Crippen LogP contribution in [0.4, 0.5) is 0 Å². The Kier molecular flexibility index (Phi) is 6.95. The van der Waals surface area contributed by atoms with E-state index in [2.05, 4.69) is 48.8 Å². The zero-order chi connectivity index (χ0) is 14.2. The van der Waals surface area contributed by atoms with E-state index in [9.17, 15) is 0 Å². The Morgan fingerprint density at radius 3 is 2.50 bits per heavy atom. The first-order chi connectivity index (χ1) is 9.81. The number of rotatable bonds is 7. The van der Waals surface area contributed by atoms with E-state index in [1.807, 2.05) is 11.8 Å². The first-order valence-electron chi connectivity index (χ1n) is 8.12. The quantitative estimate of drug-likeness (QED) is 0.755. The maximum absolute atomic E-state index is 3.86. The van der Waals surface area contributed by atoms with Crippen LogP contribution < -0.4 is 5.32 Å². The van der Waals surface area contributed by atoms with Crippen molar-refractivity contribution < 1.29 is 0 Å². The molecule has 0 saturated heterocycles. The van der Waals surface area contributed by atoms with E-state index in [0.29, 0.717) is 6.04 Å². The lowest BCUT2D eigenvalue weighted by Crippen LogP contribution is -2.31. The van der Waals surface area contributed by atoms with E-state index in [1.165, 1.54) is 44.1 Å². The average molecular weight is 292 g/mol. The zero-order valence-corrected chi connectivity index (χ0v) is 13.8. The van der Waals surface area contributed by atoms with Crippen LogP contribution in [0.15, 0.2) is 30.3 Å². The number of hydrogen-bond donors (Lipinski definition) is 1. The molecule has 1 aromatic carbocycles. The van der Waals surface area contributed by atoms with Crippen LogP contribution in [-0.4, -0.2) is 18.1 Å². The molecule has 0 radical (unpaired) electrons. The van der Waals surface area contributed by atoms with E-state index in [-0.39, 0.29) is 0 Å². The van der Waals surface area contributed by atoms with Gasteiger partial charge in [0, 0.05) is 11.3 Å². The average Bonchev–Trinajstić information content (AvgIpc) is 2.53. The van der Waals surface area contributed by atoms with Crippen molar-refractivity contribution in [2.45, 2.75) is 56.7 Å². The molecule has 1 fully saturated rings. The minimum absolute atomic E-state index is 0.561. The van der Waals surface area contributed by atoms with Crippen LogP contribution in [0.1, 0.15) is 57.1 Å². The van der Waals surface area contributed by atoms with E-state index < -0.39 is 0 Å². The van der Waals surface area contributed by atoms with Crippen LogP contribution >= 0.6 is 11.8 Å². The summed E-state index contributed by atoms with van der Waals surface area (Å²) in [4.78, 5) is 0. The topological polar surface area (TPSA) is 12.0 Å². The number of nitrogens with one attached hydrogen (secondary N) is 1. The monoisotopic (exact) mass is 291 g/mol. The number of benzene rings is 1. The molecule has 0 heterocycles. The molecule has 0 spiro atoms. The van der Waals surface area contributed by atoms with E-state index in [0.717, 1.165) is 17.7 Å². The molecule has 20 heavy (non-hydrogen) atoms. The minimum Gasteiger partial charge on any atom is -0.310 e. The molecule has 2 rings (SSSR count). The first-order valence-corrected chi connectivity index (χ1v) is 9.41. The number of thioether (sulfide) groups is 1. The highest BCUT2D eigenvalue weighted by Gasteiger charge is 2.24. The third-order valence-corrected chi connectivity index (χ3v) is 5.64. The molecule has 1 aromatic rings. The van der Waals surface area contributed by atoms with Gasteiger partial charge in [-0.05, 0) is 43.5 Å². The van der Waals surface area contributed by atoms with Crippen molar-refractivity contribution in [1.29, 1.82) is 0 Å². The van der Waals surface area contributed by atoms with Crippen LogP contribution in [-0.2, 0) is 0 Å². The van der Waals surface area contributed by atoms with Crippen molar-refractivity contribution >= 4 is 11.8 Å². The van der Waals surface area contributed by atoms with Crippen molar-refractivity contribution in [2.75, 3.05) is 12.8 Å². The van der Waals surface area contributed by atoms with Crippen LogP contribution in [0.25, 0.3) is 0 Å². The summed E-state index contributed by atoms with van der Waals surface area (Å²) in [5.41, 5.74) is 1.48. The van der Waals surface area contributed by atoms with Gasteiger partial charge in [0.05, 0.1) is 0 Å². The molecule has 0 amide bonds. The summed E-state index contributed by atoms with van der Waals surface area (Å²) >= 11 is 1.97. The summed E-state index contributed by atoms with van der Waals surface area (Å²) in [6, 6.07) is 11.6. The van der Waals surface area contributed by atoms with Crippen LogP contribution in [0.5, 0.6) is 0 Å². The van der Waals surface area contributed by atoms with Gasteiger partial charge in [-0.3, -0.25) is 0 Å². The zero-order valence-electron chi connectivity index (χ0n) is 13.0. The molecule has 1 saturated carbocycles. The fourth-order valence-corrected chi connectivity index (χ4v) is 3.60. The van der Waals surface area contributed by atoms with Crippen LogP contribution in [0, 0.1) is 5.92 Å². The molecule has 1 nitrogen and oxygen atoms in total. The Morgan fingerprint density at radius 2 is 1.85 bits per heavy atom. The highest BCUT2D eigenvalue weighted by Crippen LogP contribution is 2.34. The van der Waals surface area contributed by atoms with Gasteiger partial charge >= 0.3 is 0 Å². The summed E-state index contributed by atoms with van der Waals surface area (Å²) in [5.74, 6) is 0.829. The highest BCUT2D eigenvalue weighted by molar-refractivity contribution is 7.99. The lowest BCUT2D eigenvalue weighted by atomic mass is 9.81. The van der Waals surface area contributed by atoms with Crippen molar-refractivity contribution in [1.82, 2.24) is 5.32 Å². The predicted molar refractivity (Wildman–Crippen MR) is 91.4 cm³/mol. The molecular weight excluding hydrogens is 262 g/mol. The SMILES string of the molecule is CSC(C)CCNC(c1ccccc1)C1CCCCC1. The second kappa shape index (κ2) is 8.74. The molecule has 2 unspecified atom stereocenters. The molecule has 1 N–H and O–H groups in total. The van der Waals surface area contributed by atoms with Crippen LogP contribution in [0.3, 0.4) is 0 Å². The lowest BCUT2D eigenvalue weighted by molar-refractivity contribution is 0.271. The molecule has 0 bridgehead atoms. The smallest absolute Gasteiger partial charge is 0.0348 e. The summed E-state index contributed by atoms with van der Waals surface area (Å²) in [5, 5.41) is 4.61. The van der Waals surface area contributed by atoms with E-state index >= 15 is 0 Å². The van der Waals surface area contributed by atoms with Gasteiger partial charge in [-0.15, -0.1) is 0 Å². The molecule has 2 atom stereocenters. The van der Waals surface area contributed by atoms with Gasteiger partial charge in [-0.2, -0.15) is 11.8 Å². The van der Waals surface area contributed by atoms with Gasteiger partial charge in [0.2, 0.25) is 0 Å². The Balaban J connectivity index is 1.96. The van der Waals surface area contributed by atoms with Gasteiger partial charge in [0.25, 0.3) is 0 Å². The maximum atomic E-state index is 3.86. The minimum atomic E-state index is 0.561. The molecule has 1 aliphatic carbocycles. The second-order valence-electron chi connectivity index (χ2n) is 6.08. The molecule has 2 heteroatoms. The van der Waals surface area contributed by atoms with E-state index in [4.69, 9.17) is 0 Å². The van der Waals surface area contributed by atoms with Crippen LogP contribution in [0.2, 0.25) is 0 Å². The summed E-state index contributed by atoms with van der Waals surface area (Å²) in [6.45, 7) is 3.46. The third-order valence-electron chi connectivity index (χ3n) is 4.60. The van der Waals surface area contributed by atoms with Gasteiger partial charge in [0.1, 0.15) is 0 Å². The Labute approximate surface area is 128 Å². The Bertz CT molecular complexity index is 359. The first kappa shape index (κ1) is 15.9. The third kappa shape index (κ3) is 4.82. The van der Waals surface area contributed by atoms with Crippen molar-refractivity contribution in [3.63, 3.8) is 0 Å². The number of hydrogen-bond acceptors (Lipinski definition) is 2. The fraction of sp³-hybridized carbons (Fsp3) is 0.667. The largest absolute Gasteiger partial charge is 0.310 e. The van der Waals surface area contributed by atoms with Gasteiger partial charge in [-0.25, -0.2) is 0 Å². The van der Waals surface area contributed by atoms with E-state index in [1.54, 1.807) is 0 Å². The summed E-state index contributed by atoms with van der Waals surface area (Å²) in [6.07, 6.45) is 10.5. The molecular formula is C18H29NS. The standard InChI is InChI=1S/C18H29NS/c1-15(20-2)13-14-19-18(16-9-5-3-6-10-16)17-11-7-4-8-12-17/h3,5-6,9-10,15,17-19H,4,7-8,11-14H2,1-2H3. The predicted octanol–water partition coefficient (Wildman–Crippen LogP) is 5.04. The van der Waals surface area contributed by atoms with Crippen molar-refractivity contribution in [3.8, 4) is 0 Å². The fourth-order valence-electron chi connectivity index (χ4n) is 3.24. The molecule has 0 aromatic heterocycles. The molecule has 0 aliphatic heterocycles. The maximum Gasteiger partial charge on any atom is 0.0348 e. The molecule has 1 aliphatic rings. The Morgan fingerprint density at radius 1 is 1.15 bits per heavy atom. The summed E-state index contributed by atoms with van der Waals surface area (Å²) in [7, 11) is 0. The normalized spacial score (nSPS) is 19.7. The molecule has 112 valence electrons. The Hall–Kier alpha value is -0.470. The van der Waals surface area contributed by atoms with Gasteiger partial charge < -0.3 is 5.32 Å². The summed E-state index contributed by atoms with van der Waals surface area (Å²) < 4.78 is 0. The van der Waals surface area contributed by atoms with Gasteiger partial charge in [-0.1, -0.05) is 56.5 Å². The van der Waals surface area contributed by atoms with Crippen molar-refractivity contribution in [2.24, 2.45) is 5.92 Å². The van der Waals surface area contributed by atoms with Gasteiger partial charge in [0.15, 0.2) is 0 Å². The lowest BCUT2D eigenvalue weighted by Gasteiger charge is -2.32. The van der Waals surface area contributed by atoms with Crippen molar-refractivity contribution in [3.05, 3.63) is 35.9 Å². The second-order valence-corrected chi connectivity index (χ2v) is 7.35.